The van der Waals surface area contributed by atoms with Crippen LogP contribution in [0.2, 0.25) is 5.15 Å². The first-order valence-electron chi connectivity index (χ1n) is 3.68. The van der Waals surface area contributed by atoms with E-state index in [4.69, 9.17) is 17.3 Å². The number of rotatable bonds is 0. The molecule has 0 aliphatic carbocycles. The number of nitrogen functional groups attached to an aromatic ring is 1. The molecule has 0 amide bonds. The zero-order valence-electron chi connectivity index (χ0n) is 6.59. The lowest BCUT2D eigenvalue weighted by Crippen LogP contribution is -1.86. The lowest BCUT2D eigenvalue weighted by molar-refractivity contribution is 1.35. The number of pyridine rings is 1. The van der Waals surface area contributed by atoms with Gasteiger partial charge < -0.3 is 5.73 Å². The van der Waals surface area contributed by atoms with E-state index in [1.54, 1.807) is 6.20 Å². The highest BCUT2D eigenvalue weighted by molar-refractivity contribution is 9.10. The van der Waals surface area contributed by atoms with Crippen LogP contribution >= 0.6 is 27.5 Å². The number of benzene rings is 1. The molecule has 0 bridgehead atoms. The molecule has 0 aliphatic heterocycles. The summed E-state index contributed by atoms with van der Waals surface area (Å²) in [6.45, 7) is 0. The predicted molar refractivity (Wildman–Crippen MR) is 58.9 cm³/mol. The third-order valence-corrected chi connectivity index (χ3v) is 2.75. The van der Waals surface area contributed by atoms with Crippen LogP contribution in [0.1, 0.15) is 0 Å². The molecule has 0 radical (unpaired) electrons. The molecule has 0 unspecified atom stereocenters. The highest BCUT2D eigenvalue weighted by Gasteiger charge is 2.03. The molecule has 1 aromatic heterocycles. The van der Waals surface area contributed by atoms with Gasteiger partial charge in [0.1, 0.15) is 5.15 Å². The van der Waals surface area contributed by atoms with Gasteiger partial charge in [0.25, 0.3) is 0 Å². The second-order valence-corrected chi connectivity index (χ2v) is 3.91. The summed E-state index contributed by atoms with van der Waals surface area (Å²) >= 11 is 9.31. The normalized spacial score (nSPS) is 10.6. The monoisotopic (exact) mass is 256 g/mol. The molecule has 13 heavy (non-hydrogen) atoms. The van der Waals surface area contributed by atoms with Crippen molar-refractivity contribution in [2.75, 3.05) is 5.73 Å². The Labute approximate surface area is 88.8 Å². The van der Waals surface area contributed by atoms with Crippen LogP contribution in [0.3, 0.4) is 0 Å². The number of halogens is 2. The molecule has 1 heterocycles. The zero-order valence-corrected chi connectivity index (χ0v) is 8.93. The average molecular weight is 258 g/mol. The van der Waals surface area contributed by atoms with Crippen LogP contribution in [-0.4, -0.2) is 4.98 Å². The summed E-state index contributed by atoms with van der Waals surface area (Å²) in [7, 11) is 0. The zero-order chi connectivity index (χ0) is 9.42. The fourth-order valence-electron chi connectivity index (χ4n) is 1.19. The number of nitrogens with two attached hydrogens (primary N) is 1. The van der Waals surface area contributed by atoms with E-state index in [9.17, 15) is 0 Å². The first-order chi connectivity index (χ1) is 6.18. The van der Waals surface area contributed by atoms with Gasteiger partial charge in [0.2, 0.25) is 0 Å². The number of fused-ring (bicyclic) bond motifs is 1. The number of nitrogens with zero attached hydrogens (tertiary/aromatic N) is 1. The molecule has 2 N–H and O–H groups in total. The Bertz CT molecular complexity index is 470. The molecule has 1 aromatic carbocycles. The van der Waals surface area contributed by atoms with E-state index in [-0.39, 0.29) is 0 Å². The molecule has 0 atom stereocenters. The Morgan fingerprint density at radius 2 is 2.08 bits per heavy atom. The number of anilines is 1. The van der Waals surface area contributed by atoms with Crippen molar-refractivity contribution in [3.05, 3.63) is 34.0 Å². The van der Waals surface area contributed by atoms with Gasteiger partial charge in [-0.3, -0.25) is 0 Å². The van der Waals surface area contributed by atoms with Crippen molar-refractivity contribution in [2.45, 2.75) is 0 Å². The Kier molecular flexibility index (Phi) is 2.14. The van der Waals surface area contributed by atoms with Crippen LogP contribution in [0.15, 0.2) is 28.9 Å². The largest absolute Gasteiger partial charge is 0.399 e. The van der Waals surface area contributed by atoms with E-state index in [1.807, 2.05) is 18.2 Å². The van der Waals surface area contributed by atoms with Crippen molar-refractivity contribution in [3.63, 3.8) is 0 Å². The van der Waals surface area contributed by atoms with Gasteiger partial charge in [-0.05, 0) is 28.1 Å². The minimum atomic E-state index is 0.477. The standard InChI is InChI=1S/C9H6BrClN2/c10-8-4-13-9(11)7-3-5(12)1-2-6(7)8/h1-4H,12H2. The molecule has 0 saturated carbocycles. The molecular formula is C9H6BrClN2. The van der Waals surface area contributed by atoms with Crippen molar-refractivity contribution in [3.8, 4) is 0 Å². The SMILES string of the molecule is Nc1ccc2c(Br)cnc(Cl)c2c1. The van der Waals surface area contributed by atoms with Gasteiger partial charge in [-0.15, -0.1) is 0 Å². The first-order valence-corrected chi connectivity index (χ1v) is 4.85. The van der Waals surface area contributed by atoms with E-state index in [0.29, 0.717) is 10.8 Å². The predicted octanol–water partition coefficient (Wildman–Crippen LogP) is 3.23. The average Bonchev–Trinajstić information content (AvgIpc) is 2.12. The van der Waals surface area contributed by atoms with Gasteiger partial charge >= 0.3 is 0 Å². The highest BCUT2D eigenvalue weighted by Crippen LogP contribution is 2.29. The highest BCUT2D eigenvalue weighted by atomic mass is 79.9. The quantitative estimate of drug-likeness (QED) is 0.581. The van der Waals surface area contributed by atoms with Crippen LogP contribution < -0.4 is 5.73 Å². The summed E-state index contributed by atoms with van der Waals surface area (Å²) in [6.07, 6.45) is 1.68. The Morgan fingerprint density at radius 1 is 1.31 bits per heavy atom. The molecule has 0 aliphatic rings. The minimum absolute atomic E-state index is 0.477. The summed E-state index contributed by atoms with van der Waals surface area (Å²) in [5, 5.41) is 2.37. The first kappa shape index (κ1) is 8.78. The maximum Gasteiger partial charge on any atom is 0.136 e. The van der Waals surface area contributed by atoms with E-state index in [0.717, 1.165) is 15.2 Å². The van der Waals surface area contributed by atoms with E-state index in [1.165, 1.54) is 0 Å². The number of aromatic nitrogens is 1. The minimum Gasteiger partial charge on any atom is -0.399 e. The van der Waals surface area contributed by atoms with Crippen LogP contribution in [0, 0.1) is 0 Å². The van der Waals surface area contributed by atoms with E-state index < -0.39 is 0 Å². The summed E-state index contributed by atoms with van der Waals surface area (Å²) in [5.74, 6) is 0. The van der Waals surface area contributed by atoms with E-state index in [2.05, 4.69) is 20.9 Å². The summed E-state index contributed by atoms with van der Waals surface area (Å²) < 4.78 is 0.923. The second kappa shape index (κ2) is 3.16. The van der Waals surface area contributed by atoms with Gasteiger partial charge in [-0.1, -0.05) is 17.7 Å². The van der Waals surface area contributed by atoms with Crippen LogP contribution in [0.5, 0.6) is 0 Å². The summed E-state index contributed by atoms with van der Waals surface area (Å²) in [5.41, 5.74) is 6.33. The smallest absolute Gasteiger partial charge is 0.136 e. The molecule has 66 valence electrons. The van der Waals surface area contributed by atoms with E-state index >= 15 is 0 Å². The van der Waals surface area contributed by atoms with Crippen LogP contribution in [-0.2, 0) is 0 Å². The Morgan fingerprint density at radius 3 is 2.85 bits per heavy atom. The lowest BCUT2D eigenvalue weighted by atomic mass is 10.1. The van der Waals surface area contributed by atoms with Crippen molar-refractivity contribution in [1.29, 1.82) is 0 Å². The van der Waals surface area contributed by atoms with Gasteiger partial charge in [0.05, 0.1) is 0 Å². The maximum absolute atomic E-state index is 5.91. The molecular weight excluding hydrogens is 251 g/mol. The molecule has 2 rings (SSSR count). The van der Waals surface area contributed by atoms with Gasteiger partial charge in [-0.2, -0.15) is 0 Å². The maximum atomic E-state index is 5.91. The van der Waals surface area contributed by atoms with Crippen molar-refractivity contribution >= 4 is 44.0 Å². The molecule has 0 fully saturated rings. The topological polar surface area (TPSA) is 38.9 Å². The summed E-state index contributed by atoms with van der Waals surface area (Å²) in [6, 6.07) is 5.57. The Balaban J connectivity index is 2.92. The van der Waals surface area contributed by atoms with Crippen molar-refractivity contribution in [2.24, 2.45) is 0 Å². The Hall–Kier alpha value is -0.800. The van der Waals surface area contributed by atoms with Gasteiger partial charge in [0.15, 0.2) is 0 Å². The summed E-state index contributed by atoms with van der Waals surface area (Å²) in [4.78, 5) is 4.01. The van der Waals surface area contributed by atoms with Crippen molar-refractivity contribution < 1.29 is 0 Å². The fraction of sp³-hybridized carbons (Fsp3) is 0. The van der Waals surface area contributed by atoms with Crippen molar-refractivity contribution in [1.82, 2.24) is 4.98 Å². The van der Waals surface area contributed by atoms with Crippen LogP contribution in [0.4, 0.5) is 5.69 Å². The van der Waals surface area contributed by atoms with Crippen LogP contribution in [0.25, 0.3) is 10.8 Å². The molecule has 0 saturated heterocycles. The lowest BCUT2D eigenvalue weighted by Gasteiger charge is -2.02. The number of hydrogen-bond donors (Lipinski definition) is 1. The third-order valence-electron chi connectivity index (χ3n) is 1.81. The molecule has 2 aromatic rings. The van der Waals surface area contributed by atoms with Gasteiger partial charge in [0, 0.05) is 27.1 Å². The van der Waals surface area contributed by atoms with Gasteiger partial charge in [-0.25, -0.2) is 4.98 Å². The molecule has 2 nitrogen and oxygen atoms in total. The fourth-order valence-corrected chi connectivity index (χ4v) is 1.85. The molecule has 0 spiro atoms. The molecule has 4 heteroatoms. The second-order valence-electron chi connectivity index (χ2n) is 2.70. The number of hydrogen-bond acceptors (Lipinski definition) is 2. The third kappa shape index (κ3) is 1.49.